The van der Waals surface area contributed by atoms with Gasteiger partial charge in [0.25, 0.3) is 0 Å². The molecule has 112 valence electrons. The average Bonchev–Trinajstić information content (AvgIpc) is 2.97. The van der Waals surface area contributed by atoms with E-state index in [4.69, 9.17) is 5.73 Å². The third kappa shape index (κ3) is 2.57. The summed E-state index contributed by atoms with van der Waals surface area (Å²) in [4.78, 5) is 8.36. The Morgan fingerprint density at radius 3 is 2.61 bits per heavy atom. The number of nitrogens with one attached hydrogen (secondary N) is 2. The predicted octanol–water partition coefficient (Wildman–Crippen LogP) is 3.35. The van der Waals surface area contributed by atoms with Crippen molar-refractivity contribution in [2.24, 2.45) is 0 Å². The number of nitrogen functional groups attached to an aromatic ring is 1. The van der Waals surface area contributed by atoms with Crippen molar-refractivity contribution in [3.8, 4) is 11.1 Å². The standard InChI is InChI=1S/C17H14N6/c18-17-14-9-11(1-2-15(14)22-23-17)12-3-8-20-16(10-12)21-13-4-6-19-7-5-13/h1-10H,(H3,18,22,23)(H,19,20,21). The number of hydrogen-bond acceptors (Lipinski definition) is 5. The van der Waals surface area contributed by atoms with Crippen LogP contribution in [0.15, 0.2) is 61.1 Å². The Balaban J connectivity index is 1.70. The van der Waals surface area contributed by atoms with Gasteiger partial charge in [0.2, 0.25) is 0 Å². The van der Waals surface area contributed by atoms with Gasteiger partial charge in [-0.2, -0.15) is 5.10 Å². The van der Waals surface area contributed by atoms with Gasteiger partial charge in [0.05, 0.1) is 5.52 Å². The second-order valence-electron chi connectivity index (χ2n) is 5.16. The smallest absolute Gasteiger partial charge is 0.153 e. The molecule has 23 heavy (non-hydrogen) atoms. The van der Waals surface area contributed by atoms with Crippen LogP contribution in [0, 0.1) is 0 Å². The normalized spacial score (nSPS) is 10.8. The van der Waals surface area contributed by atoms with Crippen LogP contribution in [-0.2, 0) is 0 Å². The Morgan fingerprint density at radius 1 is 0.913 bits per heavy atom. The van der Waals surface area contributed by atoms with Crippen molar-refractivity contribution in [1.82, 2.24) is 20.2 Å². The molecule has 0 saturated carbocycles. The molecule has 6 heteroatoms. The molecule has 4 rings (SSSR count). The van der Waals surface area contributed by atoms with Crippen LogP contribution >= 0.6 is 0 Å². The maximum absolute atomic E-state index is 5.88. The highest BCUT2D eigenvalue weighted by Gasteiger charge is 2.06. The fourth-order valence-corrected chi connectivity index (χ4v) is 2.48. The van der Waals surface area contributed by atoms with E-state index in [2.05, 4.69) is 25.5 Å². The number of nitrogens with zero attached hydrogens (tertiary/aromatic N) is 3. The van der Waals surface area contributed by atoms with Crippen LogP contribution in [0.5, 0.6) is 0 Å². The summed E-state index contributed by atoms with van der Waals surface area (Å²) in [6.07, 6.45) is 5.26. The van der Waals surface area contributed by atoms with Crippen molar-refractivity contribution in [2.75, 3.05) is 11.1 Å². The Hall–Kier alpha value is -3.41. The van der Waals surface area contributed by atoms with Gasteiger partial charge in [-0.1, -0.05) is 6.07 Å². The molecule has 0 saturated heterocycles. The van der Waals surface area contributed by atoms with Gasteiger partial charge in [0.1, 0.15) is 5.82 Å². The molecule has 3 aromatic heterocycles. The first kappa shape index (κ1) is 13.3. The predicted molar refractivity (Wildman–Crippen MR) is 91.3 cm³/mol. The van der Waals surface area contributed by atoms with Gasteiger partial charge < -0.3 is 11.1 Å². The molecule has 6 nitrogen and oxygen atoms in total. The summed E-state index contributed by atoms with van der Waals surface area (Å²) in [7, 11) is 0. The number of aromatic nitrogens is 4. The summed E-state index contributed by atoms with van der Waals surface area (Å²) in [5.74, 6) is 1.28. The van der Waals surface area contributed by atoms with Gasteiger partial charge in [-0.25, -0.2) is 4.98 Å². The Kier molecular flexibility index (Phi) is 3.12. The van der Waals surface area contributed by atoms with E-state index in [1.165, 1.54) is 0 Å². The number of nitrogens with two attached hydrogens (primary N) is 1. The van der Waals surface area contributed by atoms with Crippen molar-refractivity contribution in [1.29, 1.82) is 0 Å². The maximum atomic E-state index is 5.88. The van der Waals surface area contributed by atoms with Crippen LogP contribution in [0.1, 0.15) is 0 Å². The van der Waals surface area contributed by atoms with Gasteiger partial charge in [0, 0.05) is 29.7 Å². The average molecular weight is 302 g/mol. The minimum absolute atomic E-state index is 0.506. The molecule has 4 N–H and O–H groups in total. The molecule has 4 aromatic rings. The van der Waals surface area contributed by atoms with E-state index >= 15 is 0 Å². The second-order valence-corrected chi connectivity index (χ2v) is 5.16. The quantitative estimate of drug-likeness (QED) is 0.539. The zero-order chi connectivity index (χ0) is 15.6. The first-order chi connectivity index (χ1) is 11.3. The van der Waals surface area contributed by atoms with Crippen LogP contribution in [0.2, 0.25) is 0 Å². The fraction of sp³-hybridized carbons (Fsp3) is 0. The van der Waals surface area contributed by atoms with Gasteiger partial charge >= 0.3 is 0 Å². The minimum Gasteiger partial charge on any atom is -0.382 e. The molecule has 0 spiro atoms. The summed E-state index contributed by atoms with van der Waals surface area (Å²) in [5.41, 5.74) is 9.87. The molecule has 0 aliphatic heterocycles. The third-order valence-electron chi connectivity index (χ3n) is 3.64. The summed E-state index contributed by atoms with van der Waals surface area (Å²) in [6, 6.07) is 13.8. The zero-order valence-corrected chi connectivity index (χ0v) is 12.2. The first-order valence-electron chi connectivity index (χ1n) is 7.17. The lowest BCUT2D eigenvalue weighted by atomic mass is 10.0. The molecule has 0 unspecified atom stereocenters. The highest BCUT2D eigenvalue weighted by Crippen LogP contribution is 2.27. The maximum Gasteiger partial charge on any atom is 0.153 e. The second kappa shape index (κ2) is 5.42. The number of anilines is 3. The third-order valence-corrected chi connectivity index (χ3v) is 3.64. The summed E-state index contributed by atoms with van der Waals surface area (Å²) < 4.78 is 0. The van der Waals surface area contributed by atoms with Crippen molar-refractivity contribution in [2.45, 2.75) is 0 Å². The van der Waals surface area contributed by atoms with Crippen LogP contribution in [0.25, 0.3) is 22.0 Å². The summed E-state index contributed by atoms with van der Waals surface area (Å²) in [5, 5.41) is 11.1. The Labute approximate surface area is 132 Å². The summed E-state index contributed by atoms with van der Waals surface area (Å²) >= 11 is 0. The number of aromatic amines is 1. The summed E-state index contributed by atoms with van der Waals surface area (Å²) in [6.45, 7) is 0. The number of H-pyrrole nitrogens is 1. The van der Waals surface area contributed by atoms with Crippen molar-refractivity contribution in [3.63, 3.8) is 0 Å². The highest BCUT2D eigenvalue weighted by atomic mass is 15.1. The zero-order valence-electron chi connectivity index (χ0n) is 12.2. The van der Waals surface area contributed by atoms with Crippen molar-refractivity contribution in [3.05, 3.63) is 61.1 Å². The number of benzene rings is 1. The highest BCUT2D eigenvalue weighted by molar-refractivity contribution is 5.92. The van der Waals surface area contributed by atoms with E-state index in [-0.39, 0.29) is 0 Å². The topological polar surface area (TPSA) is 92.5 Å². The van der Waals surface area contributed by atoms with Gasteiger partial charge in [-0.3, -0.25) is 10.1 Å². The van der Waals surface area contributed by atoms with Crippen LogP contribution in [0.4, 0.5) is 17.3 Å². The number of hydrogen-bond donors (Lipinski definition) is 3. The largest absolute Gasteiger partial charge is 0.382 e. The fourth-order valence-electron chi connectivity index (χ4n) is 2.48. The molecule has 1 aromatic carbocycles. The van der Waals surface area contributed by atoms with E-state index in [0.717, 1.165) is 33.5 Å². The van der Waals surface area contributed by atoms with Gasteiger partial charge in [-0.15, -0.1) is 0 Å². The Morgan fingerprint density at radius 2 is 1.74 bits per heavy atom. The van der Waals surface area contributed by atoms with E-state index in [1.54, 1.807) is 18.6 Å². The molecular formula is C17H14N6. The van der Waals surface area contributed by atoms with E-state index < -0.39 is 0 Å². The van der Waals surface area contributed by atoms with Crippen molar-refractivity contribution >= 4 is 28.2 Å². The molecule has 3 heterocycles. The number of fused-ring (bicyclic) bond motifs is 1. The molecule has 0 amide bonds. The lowest BCUT2D eigenvalue weighted by Gasteiger charge is -2.07. The molecule has 0 atom stereocenters. The lowest BCUT2D eigenvalue weighted by molar-refractivity contribution is 1.13. The molecular weight excluding hydrogens is 288 g/mol. The van der Waals surface area contributed by atoms with E-state index in [1.807, 2.05) is 42.5 Å². The van der Waals surface area contributed by atoms with Crippen molar-refractivity contribution < 1.29 is 0 Å². The van der Waals surface area contributed by atoms with Crippen LogP contribution in [0.3, 0.4) is 0 Å². The van der Waals surface area contributed by atoms with Crippen LogP contribution < -0.4 is 11.1 Å². The van der Waals surface area contributed by atoms with Gasteiger partial charge in [0.15, 0.2) is 5.82 Å². The van der Waals surface area contributed by atoms with E-state index in [9.17, 15) is 0 Å². The molecule has 0 aliphatic rings. The van der Waals surface area contributed by atoms with E-state index in [0.29, 0.717) is 5.82 Å². The minimum atomic E-state index is 0.506. The molecule has 0 radical (unpaired) electrons. The monoisotopic (exact) mass is 302 g/mol. The van der Waals surface area contributed by atoms with Gasteiger partial charge in [-0.05, 0) is 47.5 Å². The molecule has 0 fully saturated rings. The Bertz CT molecular complexity index is 961. The number of rotatable bonds is 3. The molecule has 0 bridgehead atoms. The SMILES string of the molecule is Nc1n[nH]c2ccc(-c3ccnc(Nc4ccncc4)c3)cc12. The lowest BCUT2D eigenvalue weighted by Crippen LogP contribution is -1.93. The first-order valence-corrected chi connectivity index (χ1v) is 7.17. The molecule has 0 aliphatic carbocycles. The number of pyridine rings is 2. The van der Waals surface area contributed by atoms with Crippen LogP contribution in [-0.4, -0.2) is 20.2 Å².